The van der Waals surface area contributed by atoms with Crippen LogP contribution in [0.3, 0.4) is 0 Å². The molecule has 0 saturated heterocycles. The Balaban J connectivity index is 1.92. The average Bonchev–Trinajstić information content (AvgIpc) is 2.84. The van der Waals surface area contributed by atoms with Gasteiger partial charge in [0.05, 0.1) is 5.69 Å². The summed E-state index contributed by atoms with van der Waals surface area (Å²) in [5.41, 5.74) is 8.07. The Morgan fingerprint density at radius 3 is 2.79 bits per heavy atom. The zero-order valence-electron chi connectivity index (χ0n) is 10.8. The zero-order valence-corrected chi connectivity index (χ0v) is 11.6. The summed E-state index contributed by atoms with van der Waals surface area (Å²) in [5.74, 6) is -0.224. The van der Waals surface area contributed by atoms with Crippen molar-refractivity contribution >= 4 is 22.2 Å². The van der Waals surface area contributed by atoms with Crippen LogP contribution in [0.1, 0.15) is 29.5 Å². The van der Waals surface area contributed by atoms with Gasteiger partial charge in [0.15, 0.2) is 5.13 Å². The molecule has 0 spiro atoms. The normalized spacial score (nSPS) is 18.2. The predicted molar refractivity (Wildman–Crippen MR) is 76.4 cm³/mol. The number of aromatic nitrogens is 1. The first-order chi connectivity index (χ1) is 9.15. The van der Waals surface area contributed by atoms with Gasteiger partial charge in [-0.25, -0.2) is 9.37 Å². The van der Waals surface area contributed by atoms with Gasteiger partial charge >= 0.3 is 0 Å². The number of rotatable bonds is 2. The minimum atomic E-state index is -0.224. The molecule has 100 valence electrons. The van der Waals surface area contributed by atoms with E-state index in [2.05, 4.69) is 4.98 Å². The third-order valence-electron chi connectivity index (χ3n) is 3.49. The predicted octanol–water partition coefficient (Wildman–Crippen LogP) is 3.39. The molecule has 3 nitrogen and oxygen atoms in total. The number of hydrogen-bond acceptors (Lipinski definition) is 4. The first-order valence-electron chi connectivity index (χ1n) is 6.39. The van der Waals surface area contributed by atoms with Crippen molar-refractivity contribution in [1.29, 1.82) is 0 Å². The molecule has 1 unspecified atom stereocenters. The van der Waals surface area contributed by atoms with Crippen molar-refractivity contribution in [2.75, 3.05) is 11.9 Å². The van der Waals surface area contributed by atoms with Crippen LogP contribution in [-0.4, -0.2) is 12.0 Å². The topological polar surface area (TPSA) is 42.2 Å². The highest BCUT2D eigenvalue weighted by Gasteiger charge is 2.23. The van der Waals surface area contributed by atoms with Gasteiger partial charge in [-0.1, -0.05) is 0 Å². The molecule has 2 N–H and O–H groups in total. The molecule has 0 fully saturated rings. The van der Waals surface area contributed by atoms with Gasteiger partial charge in [0, 0.05) is 23.7 Å². The number of thiazole rings is 1. The first kappa shape index (κ1) is 12.6. The van der Waals surface area contributed by atoms with Crippen molar-refractivity contribution < 1.29 is 4.39 Å². The van der Waals surface area contributed by atoms with Crippen LogP contribution in [0.4, 0.5) is 15.2 Å². The van der Waals surface area contributed by atoms with Crippen LogP contribution >= 0.6 is 11.3 Å². The molecule has 1 heterocycles. The molecule has 0 aliphatic heterocycles. The highest BCUT2D eigenvalue weighted by Crippen LogP contribution is 2.37. The van der Waals surface area contributed by atoms with Crippen LogP contribution in [0.2, 0.25) is 0 Å². The molecule has 0 saturated carbocycles. The summed E-state index contributed by atoms with van der Waals surface area (Å²) < 4.78 is 12.9. The van der Waals surface area contributed by atoms with Crippen molar-refractivity contribution in [2.24, 2.45) is 5.73 Å². The number of benzene rings is 1. The Labute approximate surface area is 115 Å². The average molecular weight is 277 g/mol. The Morgan fingerprint density at radius 2 is 2.11 bits per heavy atom. The molecule has 5 heteroatoms. The molecule has 1 aliphatic carbocycles. The van der Waals surface area contributed by atoms with Crippen LogP contribution in [0.25, 0.3) is 0 Å². The summed E-state index contributed by atoms with van der Waals surface area (Å²) in [6.07, 6.45) is 3.21. The van der Waals surface area contributed by atoms with E-state index < -0.39 is 0 Å². The summed E-state index contributed by atoms with van der Waals surface area (Å²) in [4.78, 5) is 7.93. The lowest BCUT2D eigenvalue weighted by Gasteiger charge is -2.16. The second kappa shape index (κ2) is 4.90. The molecule has 2 aromatic rings. The van der Waals surface area contributed by atoms with Gasteiger partial charge in [-0.3, -0.25) is 0 Å². The second-order valence-corrected chi connectivity index (χ2v) is 5.90. The van der Waals surface area contributed by atoms with Gasteiger partial charge in [0.1, 0.15) is 5.82 Å². The maximum Gasteiger partial charge on any atom is 0.190 e. The van der Waals surface area contributed by atoms with Crippen LogP contribution < -0.4 is 10.6 Å². The fourth-order valence-electron chi connectivity index (χ4n) is 2.36. The third-order valence-corrected chi connectivity index (χ3v) is 4.69. The van der Waals surface area contributed by atoms with Crippen molar-refractivity contribution in [3.05, 3.63) is 40.7 Å². The number of halogens is 1. The molecular formula is C14H16FN3S. The Morgan fingerprint density at radius 1 is 1.37 bits per heavy atom. The Kier molecular flexibility index (Phi) is 3.24. The summed E-state index contributed by atoms with van der Waals surface area (Å²) in [7, 11) is 1.95. The molecule has 0 bridgehead atoms. The van der Waals surface area contributed by atoms with E-state index in [4.69, 9.17) is 5.73 Å². The van der Waals surface area contributed by atoms with Crippen molar-refractivity contribution in [1.82, 2.24) is 4.98 Å². The molecular weight excluding hydrogens is 261 g/mol. The van der Waals surface area contributed by atoms with Crippen LogP contribution in [0.5, 0.6) is 0 Å². The highest BCUT2D eigenvalue weighted by molar-refractivity contribution is 7.15. The Bertz CT molecular complexity index is 579. The number of nitrogens with two attached hydrogens (primary N) is 1. The maximum atomic E-state index is 12.9. The van der Waals surface area contributed by atoms with Crippen molar-refractivity contribution in [2.45, 2.75) is 25.3 Å². The van der Waals surface area contributed by atoms with Crippen LogP contribution in [0.15, 0.2) is 24.3 Å². The molecule has 1 atom stereocenters. The van der Waals surface area contributed by atoms with Crippen molar-refractivity contribution in [3.63, 3.8) is 0 Å². The van der Waals surface area contributed by atoms with E-state index in [0.717, 1.165) is 35.8 Å². The monoisotopic (exact) mass is 277 g/mol. The van der Waals surface area contributed by atoms with Crippen LogP contribution in [0, 0.1) is 5.82 Å². The number of hydrogen-bond donors (Lipinski definition) is 1. The quantitative estimate of drug-likeness (QED) is 0.915. The van der Waals surface area contributed by atoms with E-state index in [-0.39, 0.29) is 11.9 Å². The second-order valence-electron chi connectivity index (χ2n) is 4.84. The summed E-state index contributed by atoms with van der Waals surface area (Å²) in [5, 5.41) is 0.925. The van der Waals surface area contributed by atoms with Crippen molar-refractivity contribution in [3.8, 4) is 0 Å². The minimum Gasteiger partial charge on any atom is -0.323 e. The standard InChI is InChI=1S/C14H16FN3S/c1-18(10-7-5-9(15)6-8-10)14-17-13-11(16)3-2-4-12(13)19-14/h5-8,11H,2-4,16H2,1H3. The molecule has 0 radical (unpaired) electrons. The fraction of sp³-hybridized carbons (Fsp3) is 0.357. The Hall–Kier alpha value is -1.46. The number of aryl methyl sites for hydroxylation is 1. The van der Waals surface area contributed by atoms with Gasteiger partial charge in [0.25, 0.3) is 0 Å². The van der Waals surface area contributed by atoms with Gasteiger partial charge in [0.2, 0.25) is 0 Å². The molecule has 0 amide bonds. The van der Waals surface area contributed by atoms with E-state index in [9.17, 15) is 4.39 Å². The summed E-state index contributed by atoms with van der Waals surface area (Å²) >= 11 is 1.69. The van der Waals surface area contributed by atoms with Crippen LogP contribution in [-0.2, 0) is 6.42 Å². The smallest absolute Gasteiger partial charge is 0.190 e. The zero-order chi connectivity index (χ0) is 13.4. The van der Waals surface area contributed by atoms with E-state index >= 15 is 0 Å². The minimum absolute atomic E-state index is 0.0652. The van der Waals surface area contributed by atoms with E-state index in [0.29, 0.717) is 0 Å². The lowest BCUT2D eigenvalue weighted by atomic mass is 9.99. The molecule has 1 aromatic carbocycles. The van der Waals surface area contributed by atoms with E-state index in [1.54, 1.807) is 23.5 Å². The third kappa shape index (κ3) is 2.35. The SMILES string of the molecule is CN(c1ccc(F)cc1)c1nc2c(s1)CCCC2N. The van der Waals surface area contributed by atoms with Gasteiger partial charge in [-0.05, 0) is 43.5 Å². The largest absolute Gasteiger partial charge is 0.323 e. The molecule has 1 aliphatic rings. The van der Waals surface area contributed by atoms with E-state index in [1.807, 2.05) is 11.9 Å². The van der Waals surface area contributed by atoms with Gasteiger partial charge in [-0.15, -0.1) is 11.3 Å². The maximum absolute atomic E-state index is 12.9. The first-order valence-corrected chi connectivity index (χ1v) is 7.21. The molecule has 3 rings (SSSR count). The molecule has 19 heavy (non-hydrogen) atoms. The number of nitrogens with zero attached hydrogens (tertiary/aromatic N) is 2. The lowest BCUT2D eigenvalue weighted by Crippen LogP contribution is -2.17. The molecule has 1 aromatic heterocycles. The fourth-order valence-corrected chi connectivity index (χ4v) is 3.51. The highest BCUT2D eigenvalue weighted by atomic mass is 32.1. The van der Waals surface area contributed by atoms with Gasteiger partial charge < -0.3 is 10.6 Å². The summed E-state index contributed by atoms with van der Waals surface area (Å²) in [6, 6.07) is 6.51. The van der Waals surface area contributed by atoms with E-state index in [1.165, 1.54) is 17.0 Å². The number of anilines is 2. The lowest BCUT2D eigenvalue weighted by molar-refractivity contribution is 0.564. The summed E-state index contributed by atoms with van der Waals surface area (Å²) in [6.45, 7) is 0. The number of fused-ring (bicyclic) bond motifs is 1. The van der Waals surface area contributed by atoms with Gasteiger partial charge in [-0.2, -0.15) is 0 Å².